The Morgan fingerprint density at radius 1 is 0.383 bits per heavy atom. The van der Waals surface area contributed by atoms with E-state index in [2.05, 4.69) is 111 Å². The van der Waals surface area contributed by atoms with Gasteiger partial charge in [0.1, 0.15) is 13.2 Å². The number of quaternary nitrogens is 1. The van der Waals surface area contributed by atoms with Gasteiger partial charge in [0.25, 0.3) is 0 Å². The minimum absolute atomic E-state index is 0.144. The molecule has 0 aromatic heterocycles. The highest BCUT2D eigenvalue weighted by Gasteiger charge is 2.22. The summed E-state index contributed by atoms with van der Waals surface area (Å²) < 4.78 is 22.8. The fourth-order valence-corrected chi connectivity index (χ4v) is 9.22. The van der Waals surface area contributed by atoms with E-state index in [0.717, 1.165) is 96.3 Å². The Balaban J connectivity index is 4.14. The molecule has 0 heterocycles. The Labute approximate surface area is 499 Å². The molecule has 9 heteroatoms. The molecule has 466 valence electrons. The molecular formula is C72H125NO8. The van der Waals surface area contributed by atoms with E-state index in [4.69, 9.17) is 18.9 Å². The zero-order valence-corrected chi connectivity index (χ0v) is 53.1. The summed E-state index contributed by atoms with van der Waals surface area (Å²) >= 11 is 0. The van der Waals surface area contributed by atoms with Gasteiger partial charge in [-0.1, -0.05) is 272 Å². The van der Waals surface area contributed by atoms with Crippen LogP contribution < -0.4 is 5.11 Å². The van der Waals surface area contributed by atoms with E-state index in [1.165, 1.54) is 154 Å². The SMILES string of the molecule is CC/C=C\C/C=C\C/C=C\C/C=C\C/C=C\CCCCCCCCCCCCCCCCCCCC(=O)OC(COC(=O)CCCCCCCCCC/C=C\C/C=C\C/C=C\CCCCCCC)COC(OCC[N+](C)(C)C)C(=O)[O-]. The number of likely N-dealkylation sites (N-methyl/N-ethyl adjacent to an activating group) is 1. The molecule has 0 aromatic carbocycles. The van der Waals surface area contributed by atoms with Crippen molar-refractivity contribution in [1.29, 1.82) is 0 Å². The van der Waals surface area contributed by atoms with Crippen molar-refractivity contribution in [2.45, 2.75) is 296 Å². The number of aliphatic carboxylic acids is 1. The van der Waals surface area contributed by atoms with Crippen LogP contribution in [0.25, 0.3) is 0 Å². The fraction of sp³-hybridized carbons (Fsp3) is 0.736. The number of carbonyl (C=O) groups excluding carboxylic acids is 3. The Kier molecular flexibility index (Phi) is 59.3. The summed E-state index contributed by atoms with van der Waals surface area (Å²) in [4.78, 5) is 37.4. The highest BCUT2D eigenvalue weighted by atomic mass is 16.7. The second-order valence-corrected chi connectivity index (χ2v) is 23.4. The number of carboxylic acids is 1. The Morgan fingerprint density at radius 3 is 1.05 bits per heavy atom. The molecule has 81 heavy (non-hydrogen) atoms. The first-order valence-corrected chi connectivity index (χ1v) is 33.4. The molecule has 0 aromatic rings. The molecule has 2 unspecified atom stereocenters. The van der Waals surface area contributed by atoms with Gasteiger partial charge in [0.15, 0.2) is 12.4 Å². The van der Waals surface area contributed by atoms with Gasteiger partial charge in [-0.15, -0.1) is 0 Å². The average molecular weight is 1130 g/mol. The van der Waals surface area contributed by atoms with Crippen LogP contribution in [0.4, 0.5) is 0 Å². The smallest absolute Gasteiger partial charge is 0.306 e. The molecular weight excluding hydrogens is 1010 g/mol. The third-order valence-electron chi connectivity index (χ3n) is 14.3. The van der Waals surface area contributed by atoms with E-state index in [1.54, 1.807) is 0 Å². The predicted molar refractivity (Wildman–Crippen MR) is 343 cm³/mol. The maximum atomic E-state index is 12.9. The molecule has 0 aliphatic rings. The molecule has 0 saturated carbocycles. The summed E-state index contributed by atoms with van der Waals surface area (Å²) in [6, 6.07) is 0. The molecule has 0 radical (unpaired) electrons. The van der Waals surface area contributed by atoms with Crippen molar-refractivity contribution in [3.8, 4) is 0 Å². The van der Waals surface area contributed by atoms with Crippen LogP contribution in [0.3, 0.4) is 0 Å². The average Bonchev–Trinajstić information content (AvgIpc) is 3.44. The number of carboxylic acid groups (broad SMARTS) is 1. The van der Waals surface area contributed by atoms with E-state index >= 15 is 0 Å². The zero-order valence-electron chi connectivity index (χ0n) is 53.1. The number of hydrogen-bond donors (Lipinski definition) is 0. The lowest BCUT2D eigenvalue weighted by Crippen LogP contribution is -2.44. The first-order chi connectivity index (χ1) is 39.6. The third-order valence-corrected chi connectivity index (χ3v) is 14.3. The lowest BCUT2D eigenvalue weighted by Gasteiger charge is -2.26. The summed E-state index contributed by atoms with van der Waals surface area (Å²) in [5.74, 6) is -2.29. The third kappa shape index (κ3) is 63.6. The Morgan fingerprint density at radius 2 is 0.704 bits per heavy atom. The molecule has 2 atom stereocenters. The van der Waals surface area contributed by atoms with Crippen molar-refractivity contribution in [3.05, 3.63) is 97.2 Å². The number of hydrogen-bond acceptors (Lipinski definition) is 8. The normalized spacial score (nSPS) is 13.3. The molecule has 0 fully saturated rings. The van der Waals surface area contributed by atoms with Crippen molar-refractivity contribution in [1.82, 2.24) is 0 Å². The van der Waals surface area contributed by atoms with Gasteiger partial charge in [0, 0.05) is 12.8 Å². The highest BCUT2D eigenvalue weighted by Crippen LogP contribution is 2.17. The molecule has 9 nitrogen and oxygen atoms in total. The molecule has 0 aliphatic carbocycles. The van der Waals surface area contributed by atoms with Gasteiger partial charge >= 0.3 is 11.9 Å². The van der Waals surface area contributed by atoms with Crippen molar-refractivity contribution in [2.75, 3.05) is 47.5 Å². The van der Waals surface area contributed by atoms with Gasteiger partial charge in [0.05, 0.1) is 40.3 Å². The second kappa shape index (κ2) is 62.3. The quantitative estimate of drug-likeness (QED) is 0.0195. The molecule has 0 aliphatic heterocycles. The summed E-state index contributed by atoms with van der Waals surface area (Å²) in [6.45, 7) is 4.63. The van der Waals surface area contributed by atoms with Crippen molar-refractivity contribution >= 4 is 17.9 Å². The molecule has 0 spiro atoms. The van der Waals surface area contributed by atoms with Crippen molar-refractivity contribution in [2.24, 2.45) is 0 Å². The van der Waals surface area contributed by atoms with Crippen LogP contribution in [0.15, 0.2) is 97.2 Å². The first kappa shape index (κ1) is 77.2. The van der Waals surface area contributed by atoms with Crippen LogP contribution in [0.5, 0.6) is 0 Å². The van der Waals surface area contributed by atoms with E-state index in [-0.39, 0.29) is 38.6 Å². The molecule has 0 rings (SSSR count). The number of allylic oxidation sites excluding steroid dienone is 16. The van der Waals surface area contributed by atoms with Gasteiger partial charge in [-0.2, -0.15) is 0 Å². The fourth-order valence-electron chi connectivity index (χ4n) is 9.22. The number of unbranched alkanes of at least 4 members (excludes halogenated alkanes) is 30. The molecule has 0 bridgehead atoms. The predicted octanol–water partition coefficient (Wildman–Crippen LogP) is 19.1. The monoisotopic (exact) mass is 1130 g/mol. The maximum Gasteiger partial charge on any atom is 0.306 e. The van der Waals surface area contributed by atoms with Crippen molar-refractivity contribution < 1.29 is 42.9 Å². The highest BCUT2D eigenvalue weighted by molar-refractivity contribution is 5.70. The number of carbonyl (C=O) groups is 3. The molecule has 0 amide bonds. The summed E-state index contributed by atoms with van der Waals surface area (Å²) in [6.07, 6.45) is 81.9. The topological polar surface area (TPSA) is 111 Å². The summed E-state index contributed by atoms with van der Waals surface area (Å²) in [7, 11) is 5.93. The number of ether oxygens (including phenoxy) is 4. The lowest BCUT2D eigenvalue weighted by molar-refractivity contribution is -0.870. The van der Waals surface area contributed by atoms with Gasteiger partial charge in [-0.3, -0.25) is 9.59 Å². The number of nitrogens with zero attached hydrogens (tertiary/aromatic N) is 1. The van der Waals surface area contributed by atoms with Gasteiger partial charge < -0.3 is 33.3 Å². The van der Waals surface area contributed by atoms with Gasteiger partial charge in [-0.25, -0.2) is 0 Å². The maximum absolute atomic E-state index is 12.9. The number of esters is 2. The second-order valence-electron chi connectivity index (χ2n) is 23.4. The van der Waals surface area contributed by atoms with Crippen molar-refractivity contribution in [3.63, 3.8) is 0 Å². The van der Waals surface area contributed by atoms with Gasteiger partial charge in [-0.05, 0) is 96.3 Å². The largest absolute Gasteiger partial charge is 0.545 e. The standard InChI is InChI=1S/C72H125NO8/c1-6-8-10-12-14-16-18-20-22-24-26-28-30-31-32-33-34-35-36-37-38-39-41-43-45-47-49-51-53-55-57-59-61-63-70(75)81-68(67-80-72(71(76)77)78-65-64-73(3,4)5)66-79-69(74)62-60-58-56-54-52-50-48-46-44-42-40-29-27-25-23-21-19-17-15-13-11-9-7-2/h8,10,14,16,19-22,25-28,31-32,40,42,68,72H,6-7,9,11-13,15,17-18,23-24,29-30,33-39,41,43-67H2,1-5H3/b10-8-,16-14-,21-19-,22-20-,27-25-,28-26-,32-31-,42-40-. The Hall–Kier alpha value is -3.79. The van der Waals surface area contributed by atoms with Crippen LogP contribution in [0.1, 0.15) is 284 Å². The molecule has 0 saturated heterocycles. The van der Waals surface area contributed by atoms with Gasteiger partial charge in [0.2, 0.25) is 0 Å². The summed E-state index contributed by atoms with van der Waals surface area (Å²) in [5, 5.41) is 11.8. The van der Waals surface area contributed by atoms with Crippen LogP contribution in [0.2, 0.25) is 0 Å². The number of rotatable bonds is 61. The zero-order chi connectivity index (χ0) is 59.1. The van der Waals surface area contributed by atoms with E-state index in [9.17, 15) is 19.5 Å². The Bertz CT molecular complexity index is 1650. The lowest BCUT2D eigenvalue weighted by atomic mass is 10.0. The minimum atomic E-state index is -1.63. The van der Waals surface area contributed by atoms with E-state index < -0.39 is 24.3 Å². The minimum Gasteiger partial charge on any atom is -0.545 e. The van der Waals surface area contributed by atoms with Crippen LogP contribution in [0, 0.1) is 0 Å². The van der Waals surface area contributed by atoms with Crippen LogP contribution in [-0.4, -0.2) is 82.3 Å². The van der Waals surface area contributed by atoms with Crippen LogP contribution in [-0.2, 0) is 33.3 Å². The molecule has 0 N–H and O–H groups in total. The van der Waals surface area contributed by atoms with E-state index in [0.29, 0.717) is 17.4 Å². The van der Waals surface area contributed by atoms with Crippen LogP contribution >= 0.6 is 0 Å². The first-order valence-electron chi connectivity index (χ1n) is 33.4. The summed E-state index contributed by atoms with van der Waals surface area (Å²) in [5.41, 5.74) is 0. The van der Waals surface area contributed by atoms with E-state index in [1.807, 2.05) is 21.1 Å².